The van der Waals surface area contributed by atoms with Crippen LogP contribution in [-0.2, 0) is 51.9 Å². The number of hydrogen-bond acceptors (Lipinski definition) is 20. The van der Waals surface area contributed by atoms with Crippen LogP contribution in [0, 0.1) is 11.6 Å². The van der Waals surface area contributed by atoms with Gasteiger partial charge in [-0.25, -0.2) is 73.1 Å². The number of nitrogens with one attached hydrogen (secondary N) is 1. The summed E-state index contributed by atoms with van der Waals surface area (Å²) in [5, 5.41) is 14.2. The summed E-state index contributed by atoms with van der Waals surface area (Å²) in [6.07, 6.45) is 22.8. The van der Waals surface area contributed by atoms with Crippen LogP contribution in [-0.4, -0.2) is 188 Å². The minimum Gasteiger partial charge on any atom is -0.486 e. The number of hydrogen-bond donors (Lipinski definition) is 3. The number of nitrogens with two attached hydrogens (primary N) is 1. The van der Waals surface area contributed by atoms with Crippen LogP contribution in [0.1, 0.15) is 47.9 Å². The number of alkyl halides is 3. The van der Waals surface area contributed by atoms with Gasteiger partial charge in [-0.2, -0.15) is 13.2 Å². The monoisotopic (exact) mass is 1740 g/mol. The summed E-state index contributed by atoms with van der Waals surface area (Å²) in [6, 6.07) is 38.8. The molecule has 0 bridgehead atoms. The van der Waals surface area contributed by atoms with Crippen molar-refractivity contribution in [2.24, 2.45) is 7.05 Å². The van der Waals surface area contributed by atoms with E-state index < -0.39 is 52.2 Å². The zero-order valence-corrected chi connectivity index (χ0v) is 69.5. The number of pyridine rings is 2. The molecule has 0 amide bonds. The first kappa shape index (κ1) is 84.7. The fraction of sp³-hybridized carbons (Fsp3) is 0.218. The number of halogens is 5. The maximum absolute atomic E-state index is 14.1. The summed E-state index contributed by atoms with van der Waals surface area (Å²) in [5.74, 6) is -2.08. The lowest BCUT2D eigenvalue weighted by atomic mass is 9.98. The van der Waals surface area contributed by atoms with Crippen molar-refractivity contribution in [3.05, 3.63) is 266 Å². The van der Waals surface area contributed by atoms with E-state index in [4.69, 9.17) is 29.5 Å². The predicted molar refractivity (Wildman–Crippen MR) is 456 cm³/mol. The van der Waals surface area contributed by atoms with Crippen LogP contribution in [0.2, 0.25) is 0 Å². The van der Waals surface area contributed by atoms with Crippen LogP contribution < -0.4 is 20.5 Å². The molecule has 5 aliphatic heterocycles. The number of carboxylic acids is 1. The van der Waals surface area contributed by atoms with Crippen molar-refractivity contribution in [2.75, 3.05) is 92.4 Å². The van der Waals surface area contributed by atoms with E-state index in [9.17, 15) is 55.6 Å². The molecule has 0 saturated heterocycles. The molecule has 0 unspecified atom stereocenters. The standard InChI is InChI=1S/C23H22FN3O2S.C22H20N4O3S.C20H20FN3O2S.C20H19N3O4S.C2HF3O2/c1-25-10-7-16(8-11-25)21-15-27(23-5-3-18(24)14-20(21)23)30(28,29)19-4-6-22-17(13-19)9-12-26(22)2;1-25-10-6-16(7-11-25)20-15-26(30(27,28)18-3-2-8-23-14-18)21-13-17(4-5-19(20)21)22-24-9-12-29-22;1-23-10-8-14(9-11-23)19-13-24(20-7-2-15(21)12-18(19)20)27(25,26)17-5-3-16(22)4-6-17;24-28(25,15-3-4-18-19(12-15)27-11-10-26-18)23-13-17(14-5-8-21-9-6-14)16-2-1-7-22-20(16)23;3-2(4,5)1(6)7/h3-7,9,12-15H,8,10-11H2,1-2H3;2-6,8-9,12-15H,7,10-11H2,1H3;2-8,12-13H,9-11,22H2,1H3;1-5,7,12-13,21H,6,8-11H2;(H,6,7). The van der Waals surface area contributed by atoms with Gasteiger partial charge in [0.15, 0.2) is 17.1 Å². The molecule has 0 spiro atoms. The van der Waals surface area contributed by atoms with Gasteiger partial charge in [0.25, 0.3) is 40.1 Å². The normalized spacial score (nSPS) is 15.7. The Hall–Kier alpha value is -12.4. The van der Waals surface area contributed by atoms with E-state index in [-0.39, 0.29) is 31.2 Å². The smallest absolute Gasteiger partial charge is 0.486 e. The average molecular weight is 1740 g/mol. The predicted octanol–water partition coefficient (Wildman–Crippen LogP) is 14.2. The fourth-order valence-corrected chi connectivity index (χ4v) is 20.4. The highest BCUT2D eigenvalue weighted by molar-refractivity contribution is 7.91. The zero-order valence-electron chi connectivity index (χ0n) is 66.2. The maximum Gasteiger partial charge on any atom is 0.490 e. The van der Waals surface area contributed by atoms with E-state index in [0.717, 1.165) is 150 Å². The third kappa shape index (κ3) is 17.5. The lowest BCUT2D eigenvalue weighted by Crippen LogP contribution is -2.23. The number of rotatable bonds is 13. The Kier molecular flexibility index (Phi) is 24.0. The van der Waals surface area contributed by atoms with Crippen molar-refractivity contribution in [1.29, 1.82) is 0 Å². The number of nitrogen functional groups attached to an aromatic ring is 1. The molecule has 0 radical (unpaired) electrons. The van der Waals surface area contributed by atoms with E-state index in [1.165, 1.54) is 76.9 Å². The van der Waals surface area contributed by atoms with E-state index in [1.54, 1.807) is 98.0 Å². The number of benzene rings is 6. The van der Waals surface area contributed by atoms with Crippen LogP contribution in [0.5, 0.6) is 11.5 Å². The van der Waals surface area contributed by atoms with Gasteiger partial charge in [-0.05, 0) is 209 Å². The second-order valence-electron chi connectivity index (χ2n) is 29.6. The van der Waals surface area contributed by atoms with E-state index in [0.29, 0.717) is 69.3 Å². The average Bonchev–Trinajstić information content (AvgIpc) is 1.61. The highest BCUT2D eigenvalue weighted by Crippen LogP contribution is 2.41. The summed E-state index contributed by atoms with van der Waals surface area (Å²) in [5.41, 5.74) is 17.6. The highest BCUT2D eigenvalue weighted by Gasteiger charge is 2.38. The first-order valence-corrected chi connectivity index (χ1v) is 44.3. The SMILES string of the molecule is CN1CC=C(c2cn(S(=O)(=O)c3ccc(N)cc3)c3ccc(F)cc23)CC1.CN1CC=C(c2cn(S(=O)(=O)c3ccc4c(ccn4C)c3)c3ccc(F)cc23)CC1.CN1CC=C(c2cn(S(=O)(=O)c3cccnc3)c3cc(-c4ncco4)ccc23)CC1.O=C(O)C(F)(F)F.O=S(=O)(c1ccc2c(c1)OCCO2)n1cc(C2=CCNCC2)c2cccnc21. The number of anilines is 1. The quantitative estimate of drug-likeness (QED) is 0.0713. The lowest BCUT2D eigenvalue weighted by Gasteiger charge is -2.21. The molecule has 0 fully saturated rings. The van der Waals surface area contributed by atoms with Gasteiger partial charge in [0.2, 0.25) is 5.89 Å². The molecule has 35 heteroatoms. The van der Waals surface area contributed by atoms with Crippen molar-refractivity contribution >= 4 is 129 Å². The Balaban J connectivity index is 0.000000123. The number of carbonyl (C=O) groups is 1. The molecule has 13 heterocycles. The van der Waals surface area contributed by atoms with E-state index in [1.807, 2.05) is 74.4 Å². The lowest BCUT2D eigenvalue weighted by molar-refractivity contribution is -0.192. The Bertz CT molecular complexity index is 6980. The number of ether oxygens (including phenoxy) is 2. The van der Waals surface area contributed by atoms with E-state index in [2.05, 4.69) is 66.3 Å². The maximum atomic E-state index is 14.1. The van der Waals surface area contributed by atoms with Gasteiger partial charge in [-0.3, -0.25) is 4.98 Å². The van der Waals surface area contributed by atoms with Gasteiger partial charge >= 0.3 is 12.1 Å². The minimum atomic E-state index is -5.08. The topological polar surface area (TPSA) is 317 Å². The van der Waals surface area contributed by atoms with Crippen molar-refractivity contribution in [1.82, 2.24) is 55.4 Å². The van der Waals surface area contributed by atoms with Gasteiger partial charge < -0.3 is 49.3 Å². The molecule has 0 atom stereocenters. The largest absolute Gasteiger partial charge is 0.490 e. The van der Waals surface area contributed by atoms with Crippen LogP contribution in [0.4, 0.5) is 27.6 Å². The summed E-state index contributed by atoms with van der Waals surface area (Å²) >= 11 is 0. The fourth-order valence-electron chi connectivity index (χ4n) is 15.0. The third-order valence-electron chi connectivity index (χ3n) is 21.5. The van der Waals surface area contributed by atoms with Gasteiger partial charge in [-0.15, -0.1) is 0 Å². The van der Waals surface area contributed by atoms with Gasteiger partial charge in [0, 0.05) is 174 Å². The number of oxazole rings is 1. The Morgan fingerprint density at radius 3 is 1.55 bits per heavy atom. The van der Waals surface area contributed by atoms with E-state index >= 15 is 0 Å². The summed E-state index contributed by atoms with van der Waals surface area (Å²) in [4.78, 5) is 28.7. The Labute approximate surface area is 699 Å². The first-order valence-electron chi connectivity index (χ1n) is 38.5. The number of aryl methyl sites for hydroxylation is 1. The number of aromatic nitrogens is 8. The van der Waals surface area contributed by atoms with Crippen molar-refractivity contribution in [3.63, 3.8) is 0 Å². The van der Waals surface area contributed by atoms with Gasteiger partial charge in [0.1, 0.15) is 36.0 Å². The summed E-state index contributed by atoms with van der Waals surface area (Å²) < 4.78 is 191. The number of fused-ring (bicyclic) bond motifs is 6. The Morgan fingerprint density at radius 2 is 1.00 bits per heavy atom. The first-order chi connectivity index (χ1) is 58.3. The molecule has 0 saturated carbocycles. The summed E-state index contributed by atoms with van der Waals surface area (Å²) in [6.45, 7) is 7.59. The number of nitrogens with zero attached hydrogens (tertiary/aromatic N) is 11. The number of carboxylic acid groups (broad SMARTS) is 1. The minimum absolute atomic E-state index is 0.141. The molecule has 14 aromatic rings. The molecule has 19 rings (SSSR count). The van der Waals surface area contributed by atoms with Crippen LogP contribution >= 0.6 is 0 Å². The second kappa shape index (κ2) is 34.6. The molecule has 5 aliphatic rings. The summed E-state index contributed by atoms with van der Waals surface area (Å²) in [7, 11) is -7.25. The molecule has 122 heavy (non-hydrogen) atoms. The Morgan fingerprint density at radius 1 is 0.492 bits per heavy atom. The molecule has 632 valence electrons. The molecular formula is C87H82F5N13O13S4. The molecule has 26 nitrogen and oxygen atoms in total. The molecule has 0 aliphatic carbocycles. The van der Waals surface area contributed by atoms with Gasteiger partial charge in [-0.1, -0.05) is 30.4 Å². The molecule has 4 N–H and O–H groups in total. The van der Waals surface area contributed by atoms with Crippen LogP contribution in [0.15, 0.2) is 256 Å². The highest BCUT2D eigenvalue weighted by atomic mass is 32.2. The van der Waals surface area contributed by atoms with Crippen molar-refractivity contribution < 1.29 is 79.4 Å². The second-order valence-corrected chi connectivity index (χ2v) is 36.8. The van der Waals surface area contributed by atoms with Crippen LogP contribution in [0.25, 0.3) is 88.4 Å². The third-order valence-corrected chi connectivity index (χ3v) is 28.1. The van der Waals surface area contributed by atoms with Crippen molar-refractivity contribution in [3.8, 4) is 23.0 Å². The van der Waals surface area contributed by atoms with Gasteiger partial charge in [0.05, 0.1) is 37.4 Å². The zero-order chi connectivity index (χ0) is 86.2. The molecule has 8 aromatic heterocycles. The molecular weight excluding hydrogens is 1660 g/mol. The van der Waals surface area contributed by atoms with Crippen molar-refractivity contribution in [2.45, 2.75) is 51.4 Å². The number of aliphatic carboxylic acids is 1. The van der Waals surface area contributed by atoms with Crippen LogP contribution in [0.3, 0.4) is 0 Å². The molecule has 6 aromatic carbocycles. The number of likely N-dealkylation sites (N-methyl/N-ethyl adjacent to an activating group) is 3.